The third kappa shape index (κ3) is 5.06. The Labute approximate surface area is 206 Å². The predicted molar refractivity (Wildman–Crippen MR) is 133 cm³/mol. The van der Waals surface area contributed by atoms with E-state index in [2.05, 4.69) is 21.6 Å². The van der Waals surface area contributed by atoms with Crippen LogP contribution in [-0.4, -0.2) is 32.4 Å². The number of hydrogen-bond acceptors (Lipinski definition) is 7. The highest BCUT2D eigenvalue weighted by Gasteiger charge is 2.30. The average Bonchev–Trinajstić information content (AvgIpc) is 3.31. The number of rotatable bonds is 7. The molecule has 0 aliphatic rings. The lowest BCUT2D eigenvalue weighted by Crippen LogP contribution is -2.49. The molecular formula is C25H22ClN5O2S. The summed E-state index contributed by atoms with van der Waals surface area (Å²) in [7, 11) is 0. The van der Waals surface area contributed by atoms with Crippen molar-refractivity contribution in [3.05, 3.63) is 59.6 Å². The van der Waals surface area contributed by atoms with Gasteiger partial charge >= 0.3 is 0 Å². The van der Waals surface area contributed by atoms with E-state index < -0.39 is 5.54 Å². The van der Waals surface area contributed by atoms with Crippen molar-refractivity contribution in [2.75, 3.05) is 5.75 Å². The van der Waals surface area contributed by atoms with Gasteiger partial charge < -0.3 is 9.73 Å². The molecule has 7 nitrogen and oxygen atoms in total. The number of carbonyl (C=O) groups is 1. The standard InChI is InChI=1S/C25H22ClN5O2S/c1-15(2)25(3,14-27)29-22(32)13-34-24-31-30-23(33-24)19-12-21(16-8-10-17(26)11-9-16)28-20-7-5-4-6-18(19)20/h4-12,15H,13H2,1-3H3,(H,29,32)/t25-/m1/s1. The number of amides is 1. The van der Waals surface area contributed by atoms with E-state index >= 15 is 0 Å². The maximum Gasteiger partial charge on any atom is 0.277 e. The maximum absolute atomic E-state index is 12.4. The van der Waals surface area contributed by atoms with Crippen LogP contribution in [0.25, 0.3) is 33.6 Å². The molecule has 1 amide bonds. The molecule has 9 heteroatoms. The molecule has 0 unspecified atom stereocenters. The highest BCUT2D eigenvalue weighted by Crippen LogP contribution is 2.33. The molecular weight excluding hydrogens is 470 g/mol. The van der Waals surface area contributed by atoms with Crippen molar-refractivity contribution in [3.63, 3.8) is 0 Å². The number of carbonyl (C=O) groups excluding carboxylic acids is 1. The molecule has 2 aromatic heterocycles. The van der Waals surface area contributed by atoms with E-state index in [4.69, 9.17) is 21.0 Å². The second-order valence-corrected chi connectivity index (χ2v) is 9.62. The van der Waals surface area contributed by atoms with Gasteiger partial charge in [0.05, 0.1) is 28.6 Å². The van der Waals surface area contributed by atoms with Gasteiger partial charge in [-0.1, -0.05) is 67.5 Å². The Morgan fingerprint density at radius 2 is 1.94 bits per heavy atom. The van der Waals surface area contributed by atoms with Crippen LogP contribution in [0.3, 0.4) is 0 Å². The fourth-order valence-electron chi connectivity index (χ4n) is 3.25. The van der Waals surface area contributed by atoms with Crippen LogP contribution >= 0.6 is 23.4 Å². The third-order valence-electron chi connectivity index (χ3n) is 5.61. The molecule has 0 fully saturated rings. The zero-order chi connectivity index (χ0) is 24.3. The number of halogens is 1. The van der Waals surface area contributed by atoms with Crippen molar-refractivity contribution < 1.29 is 9.21 Å². The minimum Gasteiger partial charge on any atom is -0.411 e. The molecule has 2 heterocycles. The summed E-state index contributed by atoms with van der Waals surface area (Å²) in [5.41, 5.74) is 2.26. The fraction of sp³-hybridized carbons (Fsp3) is 0.240. The Morgan fingerprint density at radius 3 is 2.65 bits per heavy atom. The topological polar surface area (TPSA) is 105 Å². The summed E-state index contributed by atoms with van der Waals surface area (Å²) in [6.07, 6.45) is 0. The predicted octanol–water partition coefficient (Wildman–Crippen LogP) is 5.75. The largest absolute Gasteiger partial charge is 0.411 e. The summed E-state index contributed by atoms with van der Waals surface area (Å²) in [5.74, 6) is 0.0811. The smallest absolute Gasteiger partial charge is 0.277 e. The van der Waals surface area contributed by atoms with Gasteiger partial charge in [-0.3, -0.25) is 4.79 Å². The number of nitrogens with zero attached hydrogens (tertiary/aromatic N) is 4. The van der Waals surface area contributed by atoms with Crippen LogP contribution < -0.4 is 5.32 Å². The maximum atomic E-state index is 12.4. The Bertz CT molecular complexity index is 1380. The molecule has 0 bridgehead atoms. The van der Waals surface area contributed by atoms with E-state index in [1.54, 1.807) is 6.92 Å². The molecule has 172 valence electrons. The quantitative estimate of drug-likeness (QED) is 0.328. The SMILES string of the molecule is CC(C)[C@@](C)(C#N)NC(=O)CSc1nnc(-c2cc(-c3ccc(Cl)cc3)nc3ccccc23)o1. The van der Waals surface area contributed by atoms with Crippen molar-refractivity contribution in [3.8, 4) is 28.8 Å². The van der Waals surface area contributed by atoms with Crippen LogP contribution in [0.2, 0.25) is 5.02 Å². The van der Waals surface area contributed by atoms with Crippen molar-refractivity contribution in [1.82, 2.24) is 20.5 Å². The molecule has 1 atom stereocenters. The molecule has 0 aliphatic heterocycles. The summed E-state index contributed by atoms with van der Waals surface area (Å²) in [6, 6.07) is 19.2. The molecule has 1 N–H and O–H groups in total. The van der Waals surface area contributed by atoms with Gasteiger partial charge in [-0.25, -0.2) is 4.98 Å². The number of benzene rings is 2. The first-order chi connectivity index (χ1) is 16.3. The minimum atomic E-state index is -0.939. The molecule has 2 aromatic carbocycles. The van der Waals surface area contributed by atoms with Crippen LogP contribution in [0.1, 0.15) is 20.8 Å². The van der Waals surface area contributed by atoms with Crippen molar-refractivity contribution >= 4 is 40.2 Å². The third-order valence-corrected chi connectivity index (χ3v) is 6.68. The van der Waals surface area contributed by atoms with E-state index in [0.29, 0.717) is 10.9 Å². The molecule has 0 saturated carbocycles. The van der Waals surface area contributed by atoms with Gasteiger partial charge in [-0.2, -0.15) is 5.26 Å². The Balaban J connectivity index is 1.59. The molecule has 0 spiro atoms. The number of hydrogen-bond donors (Lipinski definition) is 1. The summed E-state index contributed by atoms with van der Waals surface area (Å²) >= 11 is 7.16. The van der Waals surface area contributed by atoms with E-state index in [0.717, 1.165) is 39.5 Å². The monoisotopic (exact) mass is 491 g/mol. The van der Waals surface area contributed by atoms with Gasteiger partial charge in [0.15, 0.2) is 0 Å². The van der Waals surface area contributed by atoms with Gasteiger partial charge in [0.2, 0.25) is 11.8 Å². The summed E-state index contributed by atoms with van der Waals surface area (Å²) in [4.78, 5) is 17.1. The fourth-order valence-corrected chi connectivity index (χ4v) is 3.94. The zero-order valence-corrected chi connectivity index (χ0v) is 20.4. The molecule has 4 rings (SSSR count). The Hall–Kier alpha value is -3.41. The lowest BCUT2D eigenvalue weighted by molar-refractivity contribution is -0.120. The Morgan fingerprint density at radius 1 is 1.21 bits per heavy atom. The minimum absolute atomic E-state index is 0.0312. The van der Waals surface area contributed by atoms with Crippen LogP contribution in [0.5, 0.6) is 0 Å². The van der Waals surface area contributed by atoms with Crippen molar-refractivity contribution in [1.29, 1.82) is 5.26 Å². The van der Waals surface area contributed by atoms with Gasteiger partial charge in [0.1, 0.15) is 5.54 Å². The van der Waals surface area contributed by atoms with Crippen molar-refractivity contribution in [2.45, 2.75) is 31.5 Å². The van der Waals surface area contributed by atoms with Crippen LogP contribution in [0, 0.1) is 17.2 Å². The first-order valence-corrected chi connectivity index (χ1v) is 12.0. The van der Waals surface area contributed by atoms with Gasteiger partial charge in [-0.05, 0) is 37.1 Å². The number of fused-ring (bicyclic) bond motifs is 1. The Kier molecular flexibility index (Phi) is 6.87. The second-order valence-electron chi connectivity index (χ2n) is 8.26. The first kappa shape index (κ1) is 23.7. The molecule has 0 saturated heterocycles. The normalized spacial score (nSPS) is 12.9. The summed E-state index contributed by atoms with van der Waals surface area (Å²) in [5, 5.41) is 22.3. The molecule has 34 heavy (non-hydrogen) atoms. The molecule has 0 radical (unpaired) electrons. The number of thioether (sulfide) groups is 1. The number of para-hydroxylation sites is 1. The van der Waals surface area contributed by atoms with E-state index in [1.807, 2.05) is 68.4 Å². The van der Waals surface area contributed by atoms with Gasteiger partial charge in [0, 0.05) is 16.0 Å². The molecule has 4 aromatic rings. The number of nitriles is 1. The zero-order valence-electron chi connectivity index (χ0n) is 18.9. The van der Waals surface area contributed by atoms with Crippen LogP contribution in [0.4, 0.5) is 0 Å². The van der Waals surface area contributed by atoms with E-state index in [-0.39, 0.29) is 22.8 Å². The lowest BCUT2D eigenvalue weighted by Gasteiger charge is -2.27. The van der Waals surface area contributed by atoms with E-state index in [9.17, 15) is 10.1 Å². The van der Waals surface area contributed by atoms with Gasteiger partial charge in [-0.15, -0.1) is 10.2 Å². The molecule has 0 aliphatic carbocycles. The highest BCUT2D eigenvalue weighted by atomic mass is 35.5. The number of nitrogens with one attached hydrogen (secondary N) is 1. The lowest BCUT2D eigenvalue weighted by atomic mass is 9.90. The summed E-state index contributed by atoms with van der Waals surface area (Å²) in [6.45, 7) is 5.48. The van der Waals surface area contributed by atoms with Crippen LogP contribution in [0.15, 0.2) is 64.2 Å². The van der Waals surface area contributed by atoms with Crippen LogP contribution in [-0.2, 0) is 4.79 Å². The summed E-state index contributed by atoms with van der Waals surface area (Å²) < 4.78 is 5.89. The highest BCUT2D eigenvalue weighted by molar-refractivity contribution is 7.99. The number of aromatic nitrogens is 3. The van der Waals surface area contributed by atoms with Crippen molar-refractivity contribution in [2.24, 2.45) is 5.92 Å². The van der Waals surface area contributed by atoms with Gasteiger partial charge in [0.25, 0.3) is 5.22 Å². The van der Waals surface area contributed by atoms with E-state index in [1.165, 1.54) is 0 Å². The first-order valence-electron chi connectivity index (χ1n) is 10.6. The average molecular weight is 492 g/mol. The second kappa shape index (κ2) is 9.84. The number of pyridine rings is 1.